The van der Waals surface area contributed by atoms with Gasteiger partial charge >= 0.3 is 0 Å². The summed E-state index contributed by atoms with van der Waals surface area (Å²) in [6.07, 6.45) is 4.70. The van der Waals surface area contributed by atoms with Gasteiger partial charge in [-0.25, -0.2) is 0 Å². The lowest BCUT2D eigenvalue weighted by Crippen LogP contribution is -2.22. The van der Waals surface area contributed by atoms with Gasteiger partial charge in [-0.15, -0.1) is 0 Å². The van der Waals surface area contributed by atoms with Gasteiger partial charge in [0, 0.05) is 30.9 Å². The average Bonchev–Trinajstić information content (AvgIpc) is 2.95. The van der Waals surface area contributed by atoms with Gasteiger partial charge < -0.3 is 10.1 Å². The van der Waals surface area contributed by atoms with Gasteiger partial charge in [0.05, 0.1) is 6.61 Å². The fourth-order valence-electron chi connectivity index (χ4n) is 2.70. The van der Waals surface area contributed by atoms with Gasteiger partial charge in [0.25, 0.3) is 0 Å². The van der Waals surface area contributed by atoms with E-state index in [0.717, 1.165) is 18.8 Å². The first kappa shape index (κ1) is 13.1. The largest absolute Gasteiger partial charge is 0.493 e. The van der Waals surface area contributed by atoms with Crippen molar-refractivity contribution in [3.8, 4) is 5.75 Å². The maximum absolute atomic E-state index is 5.56. The average molecular weight is 268 g/mol. The van der Waals surface area contributed by atoms with Crippen LogP contribution >= 0.6 is 0 Å². The minimum absolute atomic E-state index is 0.303. The fourth-order valence-corrected chi connectivity index (χ4v) is 2.70. The second kappa shape index (κ2) is 5.63. The lowest BCUT2D eigenvalue weighted by atomic mass is 10.0. The van der Waals surface area contributed by atoms with Crippen molar-refractivity contribution in [3.05, 3.63) is 59.4 Å². The van der Waals surface area contributed by atoms with Gasteiger partial charge in [0.15, 0.2) is 0 Å². The van der Waals surface area contributed by atoms with Crippen LogP contribution in [0.5, 0.6) is 5.75 Å². The summed E-state index contributed by atoms with van der Waals surface area (Å²) in [7, 11) is 0. The molecule has 1 unspecified atom stereocenters. The third kappa shape index (κ3) is 2.68. The molecule has 1 aromatic heterocycles. The molecule has 104 valence electrons. The van der Waals surface area contributed by atoms with Crippen molar-refractivity contribution in [2.24, 2.45) is 0 Å². The summed E-state index contributed by atoms with van der Waals surface area (Å²) in [6.45, 7) is 5.20. The second-order valence-electron chi connectivity index (χ2n) is 5.36. The molecule has 0 aliphatic carbocycles. The Morgan fingerprint density at radius 3 is 2.60 bits per heavy atom. The quantitative estimate of drug-likeness (QED) is 0.922. The first-order valence-electron chi connectivity index (χ1n) is 7.15. The third-order valence-electron chi connectivity index (χ3n) is 3.92. The highest BCUT2D eigenvalue weighted by atomic mass is 16.5. The fraction of sp³-hybridized carbons (Fsp3) is 0.353. The molecule has 0 amide bonds. The van der Waals surface area contributed by atoms with E-state index in [1.165, 1.54) is 16.7 Å². The van der Waals surface area contributed by atoms with Crippen molar-refractivity contribution in [1.82, 2.24) is 10.3 Å². The predicted molar refractivity (Wildman–Crippen MR) is 79.8 cm³/mol. The highest BCUT2D eigenvalue weighted by molar-refractivity contribution is 5.40. The third-order valence-corrected chi connectivity index (χ3v) is 3.92. The van der Waals surface area contributed by atoms with Crippen LogP contribution in [0.25, 0.3) is 0 Å². The zero-order valence-electron chi connectivity index (χ0n) is 12.0. The Morgan fingerprint density at radius 2 is 1.80 bits per heavy atom. The van der Waals surface area contributed by atoms with E-state index in [9.17, 15) is 0 Å². The zero-order valence-corrected chi connectivity index (χ0v) is 12.0. The molecule has 3 nitrogen and oxygen atoms in total. The van der Waals surface area contributed by atoms with Crippen LogP contribution in [0.1, 0.15) is 42.6 Å². The van der Waals surface area contributed by atoms with Crippen LogP contribution in [0.4, 0.5) is 0 Å². The molecule has 0 spiro atoms. The van der Waals surface area contributed by atoms with Gasteiger partial charge in [-0.1, -0.05) is 12.1 Å². The smallest absolute Gasteiger partial charge is 0.122 e. The maximum Gasteiger partial charge on any atom is 0.122 e. The van der Waals surface area contributed by atoms with Gasteiger partial charge in [0.2, 0.25) is 0 Å². The van der Waals surface area contributed by atoms with Crippen molar-refractivity contribution >= 4 is 0 Å². The van der Waals surface area contributed by atoms with E-state index < -0.39 is 0 Å². The molecule has 1 aliphatic heterocycles. The Hall–Kier alpha value is -1.87. The zero-order chi connectivity index (χ0) is 13.9. The molecule has 1 N–H and O–H groups in total. The number of ether oxygens (including phenoxy) is 1. The number of rotatable bonds is 4. The first-order chi connectivity index (χ1) is 9.74. The molecule has 2 atom stereocenters. The molecule has 2 heterocycles. The summed E-state index contributed by atoms with van der Waals surface area (Å²) >= 11 is 0. The number of benzene rings is 1. The van der Waals surface area contributed by atoms with Gasteiger partial charge in [0.1, 0.15) is 5.75 Å². The van der Waals surface area contributed by atoms with Crippen LogP contribution in [-0.2, 0) is 6.42 Å². The first-order valence-corrected chi connectivity index (χ1v) is 7.15. The highest BCUT2D eigenvalue weighted by Gasteiger charge is 2.16. The van der Waals surface area contributed by atoms with Crippen molar-refractivity contribution in [2.75, 3.05) is 6.61 Å². The Bertz CT molecular complexity index is 583. The number of fused-ring (bicyclic) bond motifs is 1. The molecule has 0 bridgehead atoms. The highest BCUT2D eigenvalue weighted by Crippen LogP contribution is 2.28. The lowest BCUT2D eigenvalue weighted by Gasteiger charge is -2.21. The topological polar surface area (TPSA) is 34.2 Å². The number of hydrogen-bond donors (Lipinski definition) is 1. The van der Waals surface area contributed by atoms with E-state index in [1.807, 2.05) is 12.4 Å². The van der Waals surface area contributed by atoms with Crippen LogP contribution in [0.2, 0.25) is 0 Å². The molecular weight excluding hydrogens is 248 g/mol. The van der Waals surface area contributed by atoms with Crippen LogP contribution in [0.15, 0.2) is 42.7 Å². The second-order valence-corrected chi connectivity index (χ2v) is 5.36. The van der Waals surface area contributed by atoms with Crippen LogP contribution < -0.4 is 10.1 Å². The standard InChI is InChI=1S/C17H20N2O/c1-12(14-5-8-18-9-6-14)19-13(2)15-3-4-17-16(11-15)7-10-20-17/h3-6,8-9,11-13,19H,7,10H2,1-2H3/t12-,13?/m0/s1. The summed E-state index contributed by atoms with van der Waals surface area (Å²) in [5.41, 5.74) is 3.90. The summed E-state index contributed by atoms with van der Waals surface area (Å²) in [5.74, 6) is 1.04. The van der Waals surface area contributed by atoms with Crippen molar-refractivity contribution in [2.45, 2.75) is 32.4 Å². The Morgan fingerprint density at radius 1 is 1.05 bits per heavy atom. The normalized spacial score (nSPS) is 16.3. The van der Waals surface area contributed by atoms with Gasteiger partial charge in [-0.3, -0.25) is 4.98 Å². The molecule has 2 aromatic rings. The van der Waals surface area contributed by atoms with Crippen molar-refractivity contribution in [3.63, 3.8) is 0 Å². The van der Waals surface area contributed by atoms with E-state index in [1.54, 1.807) is 0 Å². The monoisotopic (exact) mass is 268 g/mol. The maximum atomic E-state index is 5.56. The molecule has 3 heteroatoms. The molecule has 1 aromatic carbocycles. The Labute approximate surface area is 120 Å². The Balaban J connectivity index is 1.71. The van der Waals surface area contributed by atoms with Crippen LogP contribution in [0, 0.1) is 0 Å². The molecule has 20 heavy (non-hydrogen) atoms. The number of nitrogens with zero attached hydrogens (tertiary/aromatic N) is 1. The molecule has 0 saturated carbocycles. The van der Waals surface area contributed by atoms with Crippen molar-refractivity contribution in [1.29, 1.82) is 0 Å². The SMILES string of the molecule is CC(N[C@@H](C)c1ccncc1)c1ccc2c(c1)CCO2. The van der Waals surface area contributed by atoms with E-state index in [0.29, 0.717) is 12.1 Å². The number of nitrogens with one attached hydrogen (secondary N) is 1. The number of pyridine rings is 1. The molecule has 3 rings (SSSR count). The lowest BCUT2D eigenvalue weighted by molar-refractivity contribution is 0.356. The summed E-state index contributed by atoms with van der Waals surface area (Å²) < 4.78 is 5.56. The predicted octanol–water partition coefficient (Wildman–Crippen LogP) is 3.43. The van der Waals surface area contributed by atoms with E-state index in [2.05, 4.69) is 54.5 Å². The van der Waals surface area contributed by atoms with Crippen LogP contribution in [0.3, 0.4) is 0 Å². The minimum Gasteiger partial charge on any atom is -0.493 e. The molecule has 0 saturated heterocycles. The van der Waals surface area contributed by atoms with Crippen LogP contribution in [-0.4, -0.2) is 11.6 Å². The van der Waals surface area contributed by atoms with Crippen molar-refractivity contribution < 1.29 is 4.74 Å². The van der Waals surface area contributed by atoms with Gasteiger partial charge in [-0.2, -0.15) is 0 Å². The summed E-state index contributed by atoms with van der Waals surface area (Å²) in [5, 5.41) is 3.64. The molecule has 0 fully saturated rings. The summed E-state index contributed by atoms with van der Waals surface area (Å²) in [6, 6.07) is 11.2. The van der Waals surface area contributed by atoms with E-state index >= 15 is 0 Å². The summed E-state index contributed by atoms with van der Waals surface area (Å²) in [4.78, 5) is 4.06. The number of aromatic nitrogens is 1. The van der Waals surface area contributed by atoms with Gasteiger partial charge in [-0.05, 0) is 48.7 Å². The Kier molecular flexibility index (Phi) is 3.70. The molecular formula is C17H20N2O. The van der Waals surface area contributed by atoms with E-state index in [4.69, 9.17) is 4.74 Å². The minimum atomic E-state index is 0.303. The molecule has 0 radical (unpaired) electrons. The number of hydrogen-bond acceptors (Lipinski definition) is 3. The van der Waals surface area contributed by atoms with E-state index in [-0.39, 0.29) is 0 Å². The molecule has 1 aliphatic rings.